The third-order valence-electron chi connectivity index (χ3n) is 5.15. The van der Waals surface area contributed by atoms with Gasteiger partial charge in [0.1, 0.15) is 18.6 Å². The summed E-state index contributed by atoms with van der Waals surface area (Å²) >= 11 is 5.28. The largest absolute Gasteiger partial charge is 0.462 e. The number of halogens is 1. The van der Waals surface area contributed by atoms with Gasteiger partial charge in [-0.15, -0.1) is 11.6 Å². The minimum Gasteiger partial charge on any atom is -0.462 e. The van der Waals surface area contributed by atoms with E-state index in [4.69, 9.17) is 21.1 Å². The van der Waals surface area contributed by atoms with Crippen LogP contribution in [0, 0.1) is 23.7 Å². The summed E-state index contributed by atoms with van der Waals surface area (Å²) in [6.07, 6.45) is 4.21. The van der Waals surface area contributed by atoms with E-state index in [-0.39, 0.29) is 36.3 Å². The smallest absolute Gasteiger partial charge is 0.321 e. The first-order chi connectivity index (χ1) is 10.1. The molecule has 3 aliphatic rings. The van der Waals surface area contributed by atoms with Gasteiger partial charge in [0.25, 0.3) is 0 Å². The molecule has 21 heavy (non-hydrogen) atoms. The molecule has 1 heterocycles. The van der Waals surface area contributed by atoms with Crippen LogP contribution in [-0.4, -0.2) is 36.3 Å². The van der Waals surface area contributed by atoms with Crippen molar-refractivity contribution in [3.63, 3.8) is 0 Å². The fourth-order valence-corrected chi connectivity index (χ4v) is 4.36. The first-order valence-electron chi connectivity index (χ1n) is 7.54. The molecule has 1 saturated heterocycles. The Hall–Kier alpha value is -1.10. The normalized spacial score (nSPS) is 35.9. The number of ether oxygens (including phenoxy) is 2. The molecule has 3 rings (SSSR count). The summed E-state index contributed by atoms with van der Waals surface area (Å²) in [5.74, 6) is 0.670. The molecule has 2 saturated carbocycles. The predicted octanol–water partition coefficient (Wildman–Crippen LogP) is 1.71. The first-order valence-corrected chi connectivity index (χ1v) is 8.07. The Morgan fingerprint density at radius 2 is 2.14 bits per heavy atom. The zero-order valence-corrected chi connectivity index (χ0v) is 12.5. The van der Waals surface area contributed by atoms with Crippen molar-refractivity contribution >= 4 is 29.3 Å². The summed E-state index contributed by atoms with van der Waals surface area (Å²) in [5.41, 5.74) is 0. The SMILES string of the molecule is O=C(CCCC1C2CC3C(=O)OC1C3C2)COC(=O)CCl. The van der Waals surface area contributed by atoms with Gasteiger partial charge in [0.15, 0.2) is 5.78 Å². The maximum absolute atomic E-state index is 11.7. The van der Waals surface area contributed by atoms with Gasteiger partial charge < -0.3 is 9.47 Å². The average Bonchev–Trinajstić information content (AvgIpc) is 3.08. The van der Waals surface area contributed by atoms with Crippen molar-refractivity contribution in [2.45, 2.75) is 38.2 Å². The van der Waals surface area contributed by atoms with Gasteiger partial charge in [-0.05, 0) is 37.5 Å². The lowest BCUT2D eigenvalue weighted by Gasteiger charge is -2.25. The van der Waals surface area contributed by atoms with Gasteiger partial charge in [-0.3, -0.25) is 14.4 Å². The summed E-state index contributed by atoms with van der Waals surface area (Å²) in [4.78, 5) is 34.1. The highest BCUT2D eigenvalue weighted by Gasteiger charge is 2.61. The molecular formula is C15H19ClO5. The van der Waals surface area contributed by atoms with Crippen LogP contribution in [0.2, 0.25) is 0 Å². The van der Waals surface area contributed by atoms with Crippen molar-refractivity contribution < 1.29 is 23.9 Å². The van der Waals surface area contributed by atoms with E-state index in [1.807, 2.05) is 0 Å². The topological polar surface area (TPSA) is 69.7 Å². The van der Waals surface area contributed by atoms with E-state index in [0.717, 1.165) is 25.7 Å². The van der Waals surface area contributed by atoms with Crippen LogP contribution in [0.5, 0.6) is 0 Å². The third-order valence-corrected chi connectivity index (χ3v) is 5.37. The van der Waals surface area contributed by atoms with Crippen LogP contribution in [0.1, 0.15) is 32.1 Å². The third kappa shape index (κ3) is 2.80. The number of hydrogen-bond donors (Lipinski definition) is 0. The molecule has 116 valence electrons. The van der Waals surface area contributed by atoms with Crippen LogP contribution in [-0.2, 0) is 23.9 Å². The molecule has 5 atom stereocenters. The van der Waals surface area contributed by atoms with E-state index in [1.54, 1.807) is 0 Å². The number of carbonyl (C=O) groups is 3. The van der Waals surface area contributed by atoms with Crippen LogP contribution in [0.15, 0.2) is 0 Å². The molecule has 3 fully saturated rings. The standard InChI is InChI=1S/C15H19ClO5/c16-6-13(18)20-7-9(17)2-1-3-10-8-4-11-12(5-8)15(19)21-14(10)11/h8,10-12,14H,1-7H2. The van der Waals surface area contributed by atoms with E-state index in [2.05, 4.69) is 0 Å². The van der Waals surface area contributed by atoms with Gasteiger partial charge >= 0.3 is 11.9 Å². The Bertz CT molecular complexity index is 463. The molecule has 0 aromatic rings. The monoisotopic (exact) mass is 314 g/mol. The zero-order valence-electron chi connectivity index (χ0n) is 11.8. The van der Waals surface area contributed by atoms with Gasteiger partial charge in [0.05, 0.1) is 5.92 Å². The van der Waals surface area contributed by atoms with Crippen molar-refractivity contribution in [2.75, 3.05) is 12.5 Å². The fraction of sp³-hybridized carbons (Fsp3) is 0.800. The van der Waals surface area contributed by atoms with Crippen molar-refractivity contribution in [2.24, 2.45) is 23.7 Å². The van der Waals surface area contributed by atoms with Gasteiger partial charge in [0, 0.05) is 12.3 Å². The second-order valence-corrected chi connectivity index (χ2v) is 6.56. The number of alkyl halides is 1. The zero-order chi connectivity index (χ0) is 15.0. The molecule has 0 aromatic heterocycles. The van der Waals surface area contributed by atoms with Gasteiger partial charge in [-0.25, -0.2) is 0 Å². The van der Waals surface area contributed by atoms with Crippen LogP contribution < -0.4 is 0 Å². The minimum absolute atomic E-state index is 0.0148. The van der Waals surface area contributed by atoms with E-state index in [1.165, 1.54) is 0 Å². The Balaban J connectivity index is 1.40. The molecule has 1 aliphatic heterocycles. The first kappa shape index (κ1) is 14.8. The number of Topliss-reactive ketones (excluding diaryl/α,β-unsaturated/α-hetero) is 1. The molecule has 0 radical (unpaired) electrons. The van der Waals surface area contributed by atoms with Gasteiger partial charge in [-0.2, -0.15) is 0 Å². The number of carbonyl (C=O) groups excluding carboxylic acids is 3. The number of fused-ring (bicyclic) bond motifs is 1. The maximum Gasteiger partial charge on any atom is 0.321 e. The highest BCUT2D eigenvalue weighted by atomic mass is 35.5. The van der Waals surface area contributed by atoms with E-state index in [0.29, 0.717) is 24.2 Å². The lowest BCUT2D eigenvalue weighted by Crippen LogP contribution is -2.27. The lowest BCUT2D eigenvalue weighted by molar-refractivity contribution is -0.145. The maximum atomic E-state index is 11.7. The summed E-state index contributed by atoms with van der Waals surface area (Å²) in [6, 6.07) is 0. The number of hydrogen-bond acceptors (Lipinski definition) is 5. The molecule has 0 amide bonds. The quantitative estimate of drug-likeness (QED) is 0.528. The van der Waals surface area contributed by atoms with Gasteiger partial charge in [0.2, 0.25) is 0 Å². The van der Waals surface area contributed by atoms with Gasteiger partial charge in [-0.1, -0.05) is 0 Å². The molecule has 0 N–H and O–H groups in total. The molecular weight excluding hydrogens is 296 g/mol. The van der Waals surface area contributed by atoms with Crippen molar-refractivity contribution in [3.05, 3.63) is 0 Å². The highest BCUT2D eigenvalue weighted by molar-refractivity contribution is 6.26. The molecule has 0 aromatic carbocycles. The molecule has 6 heteroatoms. The minimum atomic E-state index is -0.568. The molecule has 5 unspecified atom stereocenters. The van der Waals surface area contributed by atoms with E-state index in [9.17, 15) is 14.4 Å². The number of esters is 2. The van der Waals surface area contributed by atoms with Crippen LogP contribution in [0.25, 0.3) is 0 Å². The van der Waals surface area contributed by atoms with E-state index >= 15 is 0 Å². The second-order valence-electron chi connectivity index (χ2n) is 6.29. The number of ketones is 1. The molecule has 2 bridgehead atoms. The average molecular weight is 315 g/mol. The Morgan fingerprint density at radius 1 is 1.33 bits per heavy atom. The van der Waals surface area contributed by atoms with Crippen molar-refractivity contribution in [1.82, 2.24) is 0 Å². The summed E-state index contributed by atoms with van der Waals surface area (Å²) in [6.45, 7) is -0.192. The summed E-state index contributed by atoms with van der Waals surface area (Å²) < 4.78 is 10.2. The lowest BCUT2D eigenvalue weighted by atomic mass is 9.80. The molecule has 0 spiro atoms. The highest BCUT2D eigenvalue weighted by Crippen LogP contribution is 2.58. The van der Waals surface area contributed by atoms with Crippen molar-refractivity contribution in [1.29, 1.82) is 0 Å². The summed E-state index contributed by atoms with van der Waals surface area (Å²) in [5, 5.41) is 0. The second kappa shape index (κ2) is 5.95. The van der Waals surface area contributed by atoms with Crippen LogP contribution in [0.3, 0.4) is 0 Å². The van der Waals surface area contributed by atoms with Crippen LogP contribution in [0.4, 0.5) is 0 Å². The van der Waals surface area contributed by atoms with Crippen LogP contribution >= 0.6 is 11.6 Å². The Morgan fingerprint density at radius 3 is 2.90 bits per heavy atom. The Labute approximate surface area is 128 Å². The fourth-order valence-electron chi connectivity index (χ4n) is 4.28. The van der Waals surface area contributed by atoms with Crippen molar-refractivity contribution in [3.8, 4) is 0 Å². The summed E-state index contributed by atoms with van der Waals surface area (Å²) in [7, 11) is 0. The number of rotatable bonds is 7. The molecule has 5 nitrogen and oxygen atoms in total. The molecule has 2 aliphatic carbocycles. The Kier molecular flexibility index (Phi) is 4.20. The van der Waals surface area contributed by atoms with E-state index < -0.39 is 5.97 Å². The predicted molar refractivity (Wildman–Crippen MR) is 73.6 cm³/mol.